The molecule has 0 saturated heterocycles. The molecule has 4 rings (SSSR count). The molecule has 2 aromatic heterocycles. The van der Waals surface area contributed by atoms with Gasteiger partial charge in [0.2, 0.25) is 5.65 Å². The quantitative estimate of drug-likeness (QED) is 0.587. The standard InChI is InChI=1S/C18H17N3O3/c1-3-24-18(23)10(2)11-5-4-6-12-13(11)9-14-15(12)20-17(22)16-19-7-8-21(14)16/h4-8,10H,3,9H2,1-2H3,(H,20,22). The van der Waals surface area contributed by atoms with Gasteiger partial charge in [0.25, 0.3) is 5.56 Å². The summed E-state index contributed by atoms with van der Waals surface area (Å²) in [5, 5.41) is 0. The summed E-state index contributed by atoms with van der Waals surface area (Å²) in [4.78, 5) is 31.4. The third-order valence-electron chi connectivity index (χ3n) is 4.59. The molecule has 0 aliphatic heterocycles. The van der Waals surface area contributed by atoms with Crippen LogP contribution in [0.4, 0.5) is 0 Å². The second kappa shape index (κ2) is 5.33. The van der Waals surface area contributed by atoms with Gasteiger partial charge in [0, 0.05) is 24.4 Å². The number of rotatable bonds is 3. The lowest BCUT2D eigenvalue weighted by atomic mass is 9.93. The minimum atomic E-state index is -0.348. The van der Waals surface area contributed by atoms with Crippen molar-refractivity contribution in [3.63, 3.8) is 0 Å². The van der Waals surface area contributed by atoms with Crippen LogP contribution in [0.15, 0.2) is 35.4 Å². The van der Waals surface area contributed by atoms with Gasteiger partial charge in [-0.05, 0) is 25.0 Å². The zero-order valence-corrected chi connectivity index (χ0v) is 13.5. The van der Waals surface area contributed by atoms with Crippen LogP contribution in [0.2, 0.25) is 0 Å². The van der Waals surface area contributed by atoms with E-state index in [1.807, 2.05) is 29.5 Å². The number of fused-ring (bicyclic) bond motifs is 5. The van der Waals surface area contributed by atoms with Gasteiger partial charge in [-0.3, -0.25) is 14.0 Å². The molecule has 0 fully saturated rings. The summed E-state index contributed by atoms with van der Waals surface area (Å²) in [6.45, 7) is 4.02. The number of esters is 1. The van der Waals surface area contributed by atoms with Crippen LogP contribution in [0, 0.1) is 0 Å². The molecule has 1 unspecified atom stereocenters. The number of ether oxygens (including phenoxy) is 1. The number of nitrogens with one attached hydrogen (secondary N) is 1. The summed E-state index contributed by atoms with van der Waals surface area (Å²) in [7, 11) is 0. The smallest absolute Gasteiger partial charge is 0.313 e. The molecule has 122 valence electrons. The van der Waals surface area contributed by atoms with Crippen molar-refractivity contribution in [1.82, 2.24) is 14.4 Å². The molecule has 1 atom stereocenters. The zero-order valence-electron chi connectivity index (χ0n) is 13.5. The van der Waals surface area contributed by atoms with Crippen LogP contribution in [0.25, 0.3) is 16.9 Å². The van der Waals surface area contributed by atoms with Crippen LogP contribution in [0.3, 0.4) is 0 Å². The molecule has 1 aromatic carbocycles. The van der Waals surface area contributed by atoms with Crippen molar-refractivity contribution in [1.29, 1.82) is 0 Å². The molecule has 0 saturated carbocycles. The van der Waals surface area contributed by atoms with Crippen LogP contribution in [-0.2, 0) is 16.0 Å². The average Bonchev–Trinajstić information content (AvgIpc) is 3.19. The number of benzene rings is 1. The molecular formula is C18H17N3O3. The monoisotopic (exact) mass is 323 g/mol. The predicted octanol–water partition coefficient (Wildman–Crippen LogP) is 2.26. The first-order chi connectivity index (χ1) is 11.6. The van der Waals surface area contributed by atoms with E-state index in [0.717, 1.165) is 28.1 Å². The summed E-state index contributed by atoms with van der Waals surface area (Å²) in [5.41, 5.74) is 4.93. The molecule has 0 bridgehead atoms. The Balaban J connectivity index is 1.88. The molecule has 0 radical (unpaired) electrons. The highest BCUT2D eigenvalue weighted by Gasteiger charge is 2.28. The van der Waals surface area contributed by atoms with Crippen molar-refractivity contribution in [3.8, 4) is 11.3 Å². The Morgan fingerprint density at radius 2 is 2.29 bits per heavy atom. The van der Waals surface area contributed by atoms with E-state index in [-0.39, 0.29) is 17.4 Å². The Kier molecular flexibility index (Phi) is 3.26. The number of imidazole rings is 1. The molecule has 1 aliphatic rings. The first kappa shape index (κ1) is 14.7. The minimum absolute atomic E-state index is 0.213. The van der Waals surface area contributed by atoms with E-state index in [9.17, 15) is 9.59 Å². The van der Waals surface area contributed by atoms with Gasteiger partial charge in [-0.1, -0.05) is 18.2 Å². The lowest BCUT2D eigenvalue weighted by Crippen LogP contribution is -2.14. The fraction of sp³-hybridized carbons (Fsp3) is 0.278. The van der Waals surface area contributed by atoms with Crippen molar-refractivity contribution >= 4 is 11.6 Å². The fourth-order valence-corrected chi connectivity index (χ4v) is 3.45. The lowest BCUT2D eigenvalue weighted by molar-refractivity contribution is -0.144. The van der Waals surface area contributed by atoms with Crippen molar-refractivity contribution in [2.45, 2.75) is 26.2 Å². The van der Waals surface area contributed by atoms with Gasteiger partial charge in [0.05, 0.1) is 23.9 Å². The van der Waals surface area contributed by atoms with E-state index in [2.05, 4.69) is 9.97 Å². The van der Waals surface area contributed by atoms with Gasteiger partial charge in [-0.25, -0.2) is 4.98 Å². The van der Waals surface area contributed by atoms with E-state index in [1.165, 1.54) is 0 Å². The molecule has 6 heteroatoms. The summed E-state index contributed by atoms with van der Waals surface area (Å²) in [6, 6.07) is 5.84. The van der Waals surface area contributed by atoms with E-state index >= 15 is 0 Å². The third-order valence-corrected chi connectivity index (χ3v) is 4.59. The van der Waals surface area contributed by atoms with Crippen LogP contribution >= 0.6 is 0 Å². The summed E-state index contributed by atoms with van der Waals surface area (Å²) in [6.07, 6.45) is 4.06. The molecule has 0 spiro atoms. The van der Waals surface area contributed by atoms with Crippen LogP contribution in [0.1, 0.15) is 36.6 Å². The van der Waals surface area contributed by atoms with Gasteiger partial charge >= 0.3 is 5.97 Å². The minimum Gasteiger partial charge on any atom is -0.466 e. The number of aromatic amines is 1. The molecule has 6 nitrogen and oxygen atoms in total. The zero-order chi connectivity index (χ0) is 16.8. The number of carbonyl (C=O) groups is 1. The van der Waals surface area contributed by atoms with E-state index < -0.39 is 0 Å². The Morgan fingerprint density at radius 1 is 1.46 bits per heavy atom. The topological polar surface area (TPSA) is 76.5 Å². The number of H-pyrrole nitrogens is 1. The van der Waals surface area contributed by atoms with Gasteiger partial charge < -0.3 is 9.72 Å². The summed E-state index contributed by atoms with van der Waals surface area (Å²) in [5.74, 6) is -0.581. The predicted molar refractivity (Wildman–Crippen MR) is 89.1 cm³/mol. The van der Waals surface area contributed by atoms with Crippen LogP contribution in [0.5, 0.6) is 0 Å². The van der Waals surface area contributed by atoms with Gasteiger partial charge in [0.1, 0.15) is 0 Å². The highest BCUT2D eigenvalue weighted by molar-refractivity contribution is 5.82. The van der Waals surface area contributed by atoms with Gasteiger partial charge in [-0.2, -0.15) is 0 Å². The molecule has 3 aromatic rings. The van der Waals surface area contributed by atoms with Crippen LogP contribution < -0.4 is 5.56 Å². The third kappa shape index (κ3) is 1.99. The number of hydrogen-bond donors (Lipinski definition) is 1. The second-order valence-corrected chi connectivity index (χ2v) is 5.92. The van der Waals surface area contributed by atoms with Crippen molar-refractivity contribution in [2.24, 2.45) is 0 Å². The molecule has 1 aliphatic carbocycles. The molecular weight excluding hydrogens is 306 g/mol. The largest absolute Gasteiger partial charge is 0.466 e. The molecule has 1 N–H and O–H groups in total. The lowest BCUT2D eigenvalue weighted by Gasteiger charge is -2.14. The summed E-state index contributed by atoms with van der Waals surface area (Å²) < 4.78 is 6.99. The first-order valence-corrected chi connectivity index (χ1v) is 7.98. The molecule has 24 heavy (non-hydrogen) atoms. The van der Waals surface area contributed by atoms with Gasteiger partial charge in [-0.15, -0.1) is 0 Å². The van der Waals surface area contributed by atoms with Gasteiger partial charge in [0.15, 0.2) is 0 Å². The van der Waals surface area contributed by atoms with E-state index in [0.29, 0.717) is 18.7 Å². The normalized spacial score (nSPS) is 13.6. The SMILES string of the molecule is CCOC(=O)C(C)c1cccc2c1Cc1c-2[nH]c(=O)c2nccn12. The highest BCUT2D eigenvalue weighted by Crippen LogP contribution is 2.38. The Labute approximate surface area is 138 Å². The second-order valence-electron chi connectivity index (χ2n) is 5.92. The highest BCUT2D eigenvalue weighted by atomic mass is 16.5. The fourth-order valence-electron chi connectivity index (χ4n) is 3.45. The number of nitrogens with zero attached hydrogens (tertiary/aromatic N) is 2. The first-order valence-electron chi connectivity index (χ1n) is 7.98. The number of aromatic nitrogens is 3. The Morgan fingerprint density at radius 3 is 3.08 bits per heavy atom. The summed E-state index contributed by atoms with van der Waals surface area (Å²) >= 11 is 0. The Bertz CT molecular complexity index is 1020. The average molecular weight is 323 g/mol. The van der Waals surface area contributed by atoms with Crippen molar-refractivity contribution in [3.05, 3.63) is 57.8 Å². The maximum atomic E-state index is 12.2. The number of carbonyl (C=O) groups excluding carboxylic acids is 1. The maximum Gasteiger partial charge on any atom is 0.313 e. The van der Waals surface area contributed by atoms with Crippen LogP contribution in [-0.4, -0.2) is 26.9 Å². The van der Waals surface area contributed by atoms with E-state index in [1.54, 1.807) is 19.3 Å². The van der Waals surface area contributed by atoms with Crippen molar-refractivity contribution < 1.29 is 9.53 Å². The maximum absolute atomic E-state index is 12.2. The van der Waals surface area contributed by atoms with E-state index in [4.69, 9.17) is 4.74 Å². The van der Waals surface area contributed by atoms with Crippen molar-refractivity contribution in [2.75, 3.05) is 6.61 Å². The molecule has 0 amide bonds. The Hall–Kier alpha value is -2.89. The molecule has 2 heterocycles. The number of hydrogen-bond acceptors (Lipinski definition) is 4.